The van der Waals surface area contributed by atoms with Gasteiger partial charge in [0.1, 0.15) is 0 Å². The summed E-state index contributed by atoms with van der Waals surface area (Å²) in [7, 11) is 3.66. The Bertz CT molecular complexity index is 1440. The average molecular weight is 520 g/mol. The SMILES string of the molecule is Cc1ncc(C(=O)NCCN2[C@H](C)COC[C@H]2C)cc1Nc1nn(C)c2nc(Nc3cnn(C)c3)ncc12. The van der Waals surface area contributed by atoms with Gasteiger partial charge in [-0.15, -0.1) is 0 Å². The van der Waals surface area contributed by atoms with Crippen molar-refractivity contribution in [3.63, 3.8) is 0 Å². The third-order valence-corrected chi connectivity index (χ3v) is 6.65. The first kappa shape index (κ1) is 25.5. The molecule has 0 aromatic carbocycles. The van der Waals surface area contributed by atoms with Gasteiger partial charge in [-0.3, -0.25) is 19.4 Å². The minimum atomic E-state index is -0.172. The number of hydrogen-bond acceptors (Lipinski definition) is 10. The predicted molar refractivity (Wildman–Crippen MR) is 144 cm³/mol. The maximum Gasteiger partial charge on any atom is 0.252 e. The molecule has 0 spiro atoms. The number of carbonyl (C=O) groups is 1. The number of nitrogens with zero attached hydrogens (tertiary/aromatic N) is 8. The zero-order valence-corrected chi connectivity index (χ0v) is 22.3. The van der Waals surface area contributed by atoms with Crippen molar-refractivity contribution in [3.05, 3.63) is 42.1 Å². The molecular weight excluding hydrogens is 486 g/mol. The van der Waals surface area contributed by atoms with Crippen molar-refractivity contribution in [3.8, 4) is 0 Å². The third-order valence-electron chi connectivity index (χ3n) is 6.65. The van der Waals surface area contributed by atoms with Gasteiger partial charge in [0, 0.05) is 57.9 Å². The second-order valence-corrected chi connectivity index (χ2v) is 9.64. The molecule has 0 saturated carbocycles. The molecule has 0 aliphatic carbocycles. The molecule has 1 fully saturated rings. The van der Waals surface area contributed by atoms with Gasteiger partial charge >= 0.3 is 0 Å². The largest absolute Gasteiger partial charge is 0.378 e. The Balaban J connectivity index is 1.28. The topological polar surface area (TPSA) is 140 Å². The number of anilines is 4. The van der Waals surface area contributed by atoms with Crippen LogP contribution in [0.1, 0.15) is 29.9 Å². The summed E-state index contributed by atoms with van der Waals surface area (Å²) in [6.45, 7) is 8.90. The van der Waals surface area contributed by atoms with Crippen LogP contribution in [0.15, 0.2) is 30.9 Å². The Hall–Kier alpha value is -4.10. The van der Waals surface area contributed by atoms with Crippen LogP contribution >= 0.6 is 0 Å². The minimum Gasteiger partial charge on any atom is -0.378 e. The number of morpholine rings is 1. The van der Waals surface area contributed by atoms with Crippen LogP contribution in [0.4, 0.5) is 23.1 Å². The van der Waals surface area contributed by atoms with Crippen molar-refractivity contribution < 1.29 is 9.53 Å². The number of aryl methyl sites for hydroxylation is 3. The summed E-state index contributed by atoms with van der Waals surface area (Å²) < 4.78 is 8.97. The van der Waals surface area contributed by atoms with Crippen LogP contribution < -0.4 is 16.0 Å². The number of hydrogen-bond donors (Lipinski definition) is 3. The maximum atomic E-state index is 12.9. The van der Waals surface area contributed by atoms with Crippen LogP contribution in [0, 0.1) is 6.92 Å². The van der Waals surface area contributed by atoms with Gasteiger partial charge in [-0.25, -0.2) is 9.67 Å². The molecule has 0 bridgehead atoms. The lowest BCUT2D eigenvalue weighted by molar-refractivity contribution is -0.0355. The van der Waals surface area contributed by atoms with Gasteiger partial charge in [0.2, 0.25) is 5.95 Å². The van der Waals surface area contributed by atoms with Crippen molar-refractivity contribution >= 4 is 40.1 Å². The van der Waals surface area contributed by atoms with Gasteiger partial charge in [0.25, 0.3) is 5.91 Å². The number of nitrogens with one attached hydrogen (secondary N) is 3. The van der Waals surface area contributed by atoms with E-state index in [0.29, 0.717) is 60.5 Å². The van der Waals surface area contributed by atoms with Crippen LogP contribution in [-0.4, -0.2) is 83.7 Å². The molecular formula is C25H33N11O2. The molecule has 0 radical (unpaired) electrons. The molecule has 5 heterocycles. The second-order valence-electron chi connectivity index (χ2n) is 9.64. The fourth-order valence-electron chi connectivity index (χ4n) is 4.59. The van der Waals surface area contributed by atoms with Crippen molar-refractivity contribution in [1.29, 1.82) is 0 Å². The van der Waals surface area contributed by atoms with E-state index in [9.17, 15) is 4.79 Å². The molecule has 13 nitrogen and oxygen atoms in total. The maximum absolute atomic E-state index is 12.9. The smallest absolute Gasteiger partial charge is 0.252 e. The molecule has 13 heteroatoms. The van der Waals surface area contributed by atoms with Crippen molar-refractivity contribution in [2.24, 2.45) is 14.1 Å². The Morgan fingerprint density at radius 3 is 2.63 bits per heavy atom. The lowest BCUT2D eigenvalue weighted by atomic mass is 10.1. The van der Waals surface area contributed by atoms with E-state index in [-0.39, 0.29) is 5.91 Å². The molecule has 4 aromatic rings. The summed E-state index contributed by atoms with van der Waals surface area (Å²) in [6.07, 6.45) is 6.84. The quantitative estimate of drug-likeness (QED) is 0.317. The van der Waals surface area contributed by atoms with E-state index in [1.807, 2.05) is 27.2 Å². The average Bonchev–Trinajstić information content (AvgIpc) is 3.44. The molecule has 200 valence electrons. The first-order chi connectivity index (χ1) is 18.3. The molecule has 1 aliphatic heterocycles. The number of fused-ring (bicyclic) bond motifs is 1. The normalized spacial score (nSPS) is 18.0. The molecule has 3 N–H and O–H groups in total. The first-order valence-corrected chi connectivity index (χ1v) is 12.6. The highest BCUT2D eigenvalue weighted by Gasteiger charge is 2.25. The Morgan fingerprint density at radius 1 is 1.11 bits per heavy atom. The monoisotopic (exact) mass is 519 g/mol. The van der Waals surface area contributed by atoms with Gasteiger partial charge in [0.15, 0.2) is 11.5 Å². The number of ether oxygens (including phenoxy) is 1. The molecule has 5 rings (SSSR count). The number of carbonyl (C=O) groups excluding carboxylic acids is 1. The van der Waals surface area contributed by atoms with E-state index < -0.39 is 0 Å². The number of amides is 1. The minimum absolute atomic E-state index is 0.172. The van der Waals surface area contributed by atoms with E-state index in [4.69, 9.17) is 4.74 Å². The van der Waals surface area contributed by atoms with E-state index >= 15 is 0 Å². The fourth-order valence-corrected chi connectivity index (χ4v) is 4.59. The Labute approximate surface area is 220 Å². The van der Waals surface area contributed by atoms with Gasteiger partial charge in [-0.05, 0) is 26.8 Å². The van der Waals surface area contributed by atoms with Crippen molar-refractivity contribution in [2.75, 3.05) is 36.9 Å². The van der Waals surface area contributed by atoms with Gasteiger partial charge in [-0.2, -0.15) is 15.2 Å². The molecule has 1 saturated heterocycles. The van der Waals surface area contributed by atoms with Crippen LogP contribution in [0.5, 0.6) is 0 Å². The molecule has 38 heavy (non-hydrogen) atoms. The highest BCUT2D eigenvalue weighted by atomic mass is 16.5. The second kappa shape index (κ2) is 10.7. The summed E-state index contributed by atoms with van der Waals surface area (Å²) in [5.41, 5.74) is 3.34. The summed E-state index contributed by atoms with van der Waals surface area (Å²) in [6, 6.07) is 2.44. The van der Waals surface area contributed by atoms with Crippen LogP contribution in [0.3, 0.4) is 0 Å². The van der Waals surface area contributed by atoms with Crippen LogP contribution in [0.25, 0.3) is 11.0 Å². The van der Waals surface area contributed by atoms with E-state index in [0.717, 1.165) is 23.3 Å². The van der Waals surface area contributed by atoms with Crippen LogP contribution in [-0.2, 0) is 18.8 Å². The molecule has 1 aliphatic rings. The zero-order chi connectivity index (χ0) is 26.8. The highest BCUT2D eigenvalue weighted by molar-refractivity contribution is 5.96. The van der Waals surface area contributed by atoms with Crippen molar-refractivity contribution in [1.82, 2.24) is 44.7 Å². The molecule has 0 unspecified atom stereocenters. The van der Waals surface area contributed by atoms with Gasteiger partial charge in [-0.1, -0.05) is 0 Å². The summed E-state index contributed by atoms with van der Waals surface area (Å²) in [5.74, 6) is 0.847. The number of rotatable bonds is 8. The standard InChI is InChI=1S/C25H33N11O2/c1-15-13-38-14-16(2)36(15)7-6-26-24(37)18-8-21(17(3)27-9-18)31-22-20-11-28-25(32-23(20)35(5)33-22)30-19-10-29-34(4)12-19/h8-12,15-16H,6-7,13-14H2,1-5H3,(H,26,37)(H,31,33)(H,28,30,32)/t15-,16-/m1/s1. The van der Waals surface area contributed by atoms with E-state index in [1.165, 1.54) is 0 Å². The zero-order valence-electron chi connectivity index (χ0n) is 22.3. The summed E-state index contributed by atoms with van der Waals surface area (Å²) in [5, 5.41) is 18.9. The van der Waals surface area contributed by atoms with Gasteiger partial charge < -0.3 is 20.7 Å². The lowest BCUT2D eigenvalue weighted by Gasteiger charge is -2.38. The molecule has 2 atom stereocenters. The van der Waals surface area contributed by atoms with Crippen LogP contribution in [0.2, 0.25) is 0 Å². The lowest BCUT2D eigenvalue weighted by Crippen LogP contribution is -2.51. The number of pyridine rings is 1. The highest BCUT2D eigenvalue weighted by Crippen LogP contribution is 2.27. The molecule has 1 amide bonds. The Morgan fingerprint density at radius 2 is 1.89 bits per heavy atom. The third kappa shape index (κ3) is 5.43. The van der Waals surface area contributed by atoms with E-state index in [1.54, 1.807) is 34.0 Å². The van der Waals surface area contributed by atoms with Gasteiger partial charge in [0.05, 0.1) is 47.4 Å². The first-order valence-electron chi connectivity index (χ1n) is 12.6. The Kier molecular flexibility index (Phi) is 7.20. The summed E-state index contributed by atoms with van der Waals surface area (Å²) in [4.78, 5) is 28.7. The van der Waals surface area contributed by atoms with E-state index in [2.05, 4.69) is 59.8 Å². The fraction of sp³-hybridized carbons (Fsp3) is 0.440. The molecule has 4 aromatic heterocycles. The summed E-state index contributed by atoms with van der Waals surface area (Å²) >= 11 is 0. The predicted octanol–water partition coefficient (Wildman–Crippen LogP) is 2.13. The number of aromatic nitrogens is 7. The van der Waals surface area contributed by atoms with Crippen molar-refractivity contribution in [2.45, 2.75) is 32.9 Å².